The first kappa shape index (κ1) is 23.8. The first-order valence-electron chi connectivity index (χ1n) is 10.1. The molecule has 0 heterocycles. The molecule has 1 amide bonds. The first-order chi connectivity index (χ1) is 15.4. The fraction of sp³-hybridized carbons (Fsp3) is 0.208. The van der Waals surface area contributed by atoms with Crippen LogP contribution in [0.3, 0.4) is 0 Å². The van der Waals surface area contributed by atoms with E-state index in [9.17, 15) is 17.6 Å². The second-order valence-electron chi connectivity index (χ2n) is 7.16. The van der Waals surface area contributed by atoms with Crippen LogP contribution in [0.4, 0.5) is 10.1 Å². The maximum absolute atomic E-state index is 14.4. The van der Waals surface area contributed by atoms with E-state index < -0.39 is 28.3 Å². The molecule has 0 saturated carbocycles. The molecule has 0 aliphatic carbocycles. The molecule has 0 atom stereocenters. The van der Waals surface area contributed by atoms with Crippen LogP contribution in [0.15, 0.2) is 83.8 Å². The molecule has 0 fully saturated rings. The highest BCUT2D eigenvalue weighted by Crippen LogP contribution is 2.26. The van der Waals surface area contributed by atoms with Crippen LogP contribution in [0, 0.1) is 12.7 Å². The van der Waals surface area contributed by atoms with E-state index in [1.165, 1.54) is 47.5 Å². The average molecular weight is 473 g/mol. The van der Waals surface area contributed by atoms with E-state index in [2.05, 4.69) is 29.6 Å². The summed E-state index contributed by atoms with van der Waals surface area (Å²) in [6, 6.07) is 21.5. The highest BCUT2D eigenvalue weighted by Gasteiger charge is 2.28. The van der Waals surface area contributed by atoms with Crippen LogP contribution in [-0.4, -0.2) is 33.2 Å². The predicted molar refractivity (Wildman–Crippen MR) is 128 cm³/mol. The molecule has 0 radical (unpaired) electrons. The summed E-state index contributed by atoms with van der Waals surface area (Å²) in [7, 11) is -4.12. The van der Waals surface area contributed by atoms with Gasteiger partial charge in [0.25, 0.3) is 10.0 Å². The summed E-state index contributed by atoms with van der Waals surface area (Å²) >= 11 is 1.67. The van der Waals surface area contributed by atoms with Crippen molar-refractivity contribution in [1.29, 1.82) is 0 Å². The number of hydrogen-bond acceptors (Lipinski definition) is 4. The van der Waals surface area contributed by atoms with E-state index in [1.807, 2.05) is 6.92 Å². The molecule has 0 bridgehead atoms. The van der Waals surface area contributed by atoms with Gasteiger partial charge in [0.15, 0.2) is 0 Å². The lowest BCUT2D eigenvalue weighted by Gasteiger charge is -2.24. The minimum absolute atomic E-state index is 0.00953. The molecular formula is C24H25FN2O3S2. The van der Waals surface area contributed by atoms with Crippen molar-refractivity contribution in [3.05, 3.63) is 95.8 Å². The maximum atomic E-state index is 14.4. The Bertz CT molecular complexity index is 1140. The number of carbonyl (C=O) groups is 1. The molecule has 0 aliphatic heterocycles. The van der Waals surface area contributed by atoms with Crippen molar-refractivity contribution in [2.24, 2.45) is 0 Å². The molecule has 0 saturated heterocycles. The van der Waals surface area contributed by atoms with E-state index in [-0.39, 0.29) is 10.6 Å². The Labute approximate surface area is 192 Å². The standard InChI is InChI=1S/C24H25FN2O3S2/c1-19-11-13-20(14-12-19)18-31-16-15-26-24(28)17-27(23-10-6-5-9-22(23)25)32(29,30)21-7-3-2-4-8-21/h2-14H,15-18H2,1H3,(H,26,28). The van der Waals surface area contributed by atoms with Crippen LogP contribution in [0.5, 0.6) is 0 Å². The number of rotatable bonds is 10. The summed E-state index contributed by atoms with van der Waals surface area (Å²) in [5, 5.41) is 2.73. The van der Waals surface area contributed by atoms with Gasteiger partial charge in [0, 0.05) is 18.1 Å². The smallest absolute Gasteiger partial charge is 0.264 e. The molecule has 8 heteroatoms. The number of sulfonamides is 1. The zero-order valence-electron chi connectivity index (χ0n) is 17.7. The van der Waals surface area contributed by atoms with Gasteiger partial charge in [-0.2, -0.15) is 11.8 Å². The monoisotopic (exact) mass is 472 g/mol. The highest BCUT2D eigenvalue weighted by atomic mass is 32.2. The normalized spacial score (nSPS) is 11.2. The number of anilines is 1. The van der Waals surface area contributed by atoms with Crippen molar-refractivity contribution >= 4 is 33.4 Å². The largest absolute Gasteiger partial charge is 0.354 e. The average Bonchev–Trinajstić information content (AvgIpc) is 2.79. The van der Waals surface area contributed by atoms with Gasteiger partial charge in [-0.3, -0.25) is 9.10 Å². The van der Waals surface area contributed by atoms with E-state index in [0.717, 1.165) is 10.1 Å². The molecule has 0 unspecified atom stereocenters. The number of benzene rings is 3. The van der Waals surface area contributed by atoms with Crippen molar-refractivity contribution in [2.75, 3.05) is 23.1 Å². The van der Waals surface area contributed by atoms with E-state index >= 15 is 0 Å². The molecule has 3 aromatic rings. The Morgan fingerprint density at radius 1 is 0.969 bits per heavy atom. The number of amides is 1. The fourth-order valence-electron chi connectivity index (χ4n) is 3.00. The molecule has 1 N–H and O–H groups in total. The molecule has 0 spiro atoms. The third-order valence-electron chi connectivity index (χ3n) is 4.70. The van der Waals surface area contributed by atoms with Gasteiger partial charge in [0.2, 0.25) is 5.91 Å². The molecule has 168 valence electrons. The Hall–Kier alpha value is -2.84. The molecule has 5 nitrogen and oxygen atoms in total. The van der Waals surface area contributed by atoms with Crippen LogP contribution in [-0.2, 0) is 20.6 Å². The number of nitrogens with zero attached hydrogens (tertiary/aromatic N) is 1. The molecule has 0 aromatic heterocycles. The van der Waals surface area contributed by atoms with Crippen molar-refractivity contribution in [1.82, 2.24) is 5.32 Å². The first-order valence-corrected chi connectivity index (χ1v) is 12.7. The van der Waals surface area contributed by atoms with Crippen LogP contribution >= 0.6 is 11.8 Å². The van der Waals surface area contributed by atoms with Gasteiger partial charge < -0.3 is 5.32 Å². The summed E-state index contributed by atoms with van der Waals surface area (Å²) < 4.78 is 41.6. The minimum Gasteiger partial charge on any atom is -0.354 e. The molecule has 3 rings (SSSR count). The Kier molecular flexibility index (Phi) is 8.30. The van der Waals surface area contributed by atoms with Gasteiger partial charge in [0.1, 0.15) is 12.4 Å². The predicted octanol–water partition coefficient (Wildman–Crippen LogP) is 4.38. The molecular weight excluding hydrogens is 447 g/mol. The number of carbonyl (C=O) groups excluding carboxylic acids is 1. The van der Waals surface area contributed by atoms with E-state index in [4.69, 9.17) is 0 Å². The summed E-state index contributed by atoms with van der Waals surface area (Å²) in [4.78, 5) is 12.5. The van der Waals surface area contributed by atoms with Gasteiger partial charge >= 0.3 is 0 Å². The van der Waals surface area contributed by atoms with Gasteiger partial charge in [-0.05, 0) is 36.8 Å². The highest BCUT2D eigenvalue weighted by molar-refractivity contribution is 7.98. The van der Waals surface area contributed by atoms with Crippen LogP contribution in [0.2, 0.25) is 0 Å². The van der Waals surface area contributed by atoms with E-state index in [1.54, 1.807) is 30.0 Å². The summed E-state index contributed by atoms with van der Waals surface area (Å²) in [5.41, 5.74) is 2.24. The lowest BCUT2D eigenvalue weighted by atomic mass is 10.2. The fourth-order valence-corrected chi connectivity index (χ4v) is 5.27. The lowest BCUT2D eigenvalue weighted by Crippen LogP contribution is -2.41. The zero-order valence-corrected chi connectivity index (χ0v) is 19.3. The lowest BCUT2D eigenvalue weighted by molar-refractivity contribution is -0.119. The van der Waals surface area contributed by atoms with Crippen molar-refractivity contribution in [3.8, 4) is 0 Å². The second-order valence-corrected chi connectivity index (χ2v) is 10.1. The third kappa shape index (κ3) is 6.34. The minimum atomic E-state index is -4.12. The Morgan fingerprint density at radius 3 is 2.31 bits per heavy atom. The van der Waals surface area contributed by atoms with Crippen molar-refractivity contribution in [2.45, 2.75) is 17.6 Å². The quantitative estimate of drug-likeness (QED) is 0.445. The van der Waals surface area contributed by atoms with Gasteiger partial charge in [-0.25, -0.2) is 12.8 Å². The Balaban J connectivity index is 1.62. The number of aryl methyl sites for hydroxylation is 1. The number of para-hydroxylation sites is 1. The number of halogens is 1. The number of hydrogen-bond donors (Lipinski definition) is 1. The van der Waals surface area contributed by atoms with Crippen LogP contribution in [0.1, 0.15) is 11.1 Å². The van der Waals surface area contributed by atoms with Crippen LogP contribution in [0.25, 0.3) is 0 Å². The molecule has 0 aliphatic rings. The summed E-state index contributed by atoms with van der Waals surface area (Å²) in [5.74, 6) is 0.280. The number of thioether (sulfide) groups is 1. The SMILES string of the molecule is Cc1ccc(CSCCNC(=O)CN(c2ccccc2F)S(=O)(=O)c2ccccc2)cc1. The van der Waals surface area contributed by atoms with Crippen molar-refractivity contribution in [3.63, 3.8) is 0 Å². The van der Waals surface area contributed by atoms with Gasteiger partial charge in [-0.15, -0.1) is 0 Å². The van der Waals surface area contributed by atoms with Gasteiger partial charge in [0.05, 0.1) is 10.6 Å². The van der Waals surface area contributed by atoms with Crippen LogP contribution < -0.4 is 9.62 Å². The topological polar surface area (TPSA) is 66.5 Å². The van der Waals surface area contributed by atoms with Crippen molar-refractivity contribution < 1.29 is 17.6 Å². The summed E-state index contributed by atoms with van der Waals surface area (Å²) in [6.45, 7) is 1.90. The molecule has 32 heavy (non-hydrogen) atoms. The zero-order chi connectivity index (χ0) is 23.0. The Morgan fingerprint density at radius 2 is 1.62 bits per heavy atom. The second kappa shape index (κ2) is 11.2. The van der Waals surface area contributed by atoms with E-state index in [0.29, 0.717) is 12.3 Å². The molecule has 3 aromatic carbocycles. The number of nitrogens with one attached hydrogen (secondary N) is 1. The maximum Gasteiger partial charge on any atom is 0.264 e. The van der Waals surface area contributed by atoms with Gasteiger partial charge in [-0.1, -0.05) is 60.2 Å². The third-order valence-corrected chi connectivity index (χ3v) is 7.50. The summed E-state index contributed by atoms with van der Waals surface area (Å²) in [6.07, 6.45) is 0.